The lowest BCUT2D eigenvalue weighted by Crippen LogP contribution is -2.10. The van der Waals surface area contributed by atoms with Crippen molar-refractivity contribution in [3.63, 3.8) is 0 Å². The van der Waals surface area contributed by atoms with Crippen molar-refractivity contribution in [1.82, 2.24) is 0 Å². The second kappa shape index (κ2) is 4.80. The third kappa shape index (κ3) is 4.47. The van der Waals surface area contributed by atoms with Crippen molar-refractivity contribution in [2.75, 3.05) is 0 Å². The maximum Gasteiger partial charge on any atom is 0.446 e. The van der Waals surface area contributed by atoms with Crippen LogP contribution in [-0.2, 0) is 0 Å². The maximum absolute atomic E-state index is 12.3. The minimum absolute atomic E-state index is 0.0310. The van der Waals surface area contributed by atoms with E-state index in [4.69, 9.17) is 5.11 Å². The van der Waals surface area contributed by atoms with E-state index in [9.17, 15) is 22.0 Å². The number of hydrogen-bond donors (Lipinski definition) is 1. The van der Waals surface area contributed by atoms with Crippen molar-refractivity contribution in [3.8, 4) is 0 Å². The molecule has 0 aliphatic heterocycles. The fraction of sp³-hybridized carbons (Fsp3) is 0.667. The van der Waals surface area contributed by atoms with E-state index in [2.05, 4.69) is 0 Å². The summed E-state index contributed by atoms with van der Waals surface area (Å²) in [6, 6.07) is 0. The van der Waals surface area contributed by atoms with Crippen molar-refractivity contribution in [1.29, 1.82) is 0 Å². The molecule has 1 atom stereocenters. The Morgan fingerprint density at radius 3 is 2.15 bits per heavy atom. The number of rotatable bonds is 3. The van der Waals surface area contributed by atoms with Crippen LogP contribution in [0.5, 0.6) is 0 Å². The molecule has 0 saturated carbocycles. The van der Waals surface area contributed by atoms with Crippen LogP contribution in [0, 0.1) is 0 Å². The first-order valence-electron chi connectivity index (χ1n) is 3.26. The monoisotopic (exact) mass is 222 g/mol. The SMILES string of the molecule is CCC(O)SC(F)=C(F)C(F)(F)F. The molecular formula is C6H7F5OS. The smallest absolute Gasteiger partial charge is 0.382 e. The van der Waals surface area contributed by atoms with Crippen molar-refractivity contribution >= 4 is 11.8 Å². The van der Waals surface area contributed by atoms with Crippen LogP contribution in [-0.4, -0.2) is 16.7 Å². The Kier molecular flexibility index (Phi) is 4.69. The van der Waals surface area contributed by atoms with Gasteiger partial charge in [0.05, 0.1) is 0 Å². The third-order valence-corrected chi connectivity index (χ3v) is 2.00. The predicted octanol–water partition coefficient (Wildman–Crippen LogP) is 3.12. The molecule has 0 aromatic carbocycles. The molecule has 0 aliphatic carbocycles. The second-order valence-electron chi connectivity index (χ2n) is 2.07. The molecule has 0 aromatic heterocycles. The Bertz CT molecular complexity index is 200. The van der Waals surface area contributed by atoms with Gasteiger partial charge in [-0.3, -0.25) is 0 Å². The van der Waals surface area contributed by atoms with Gasteiger partial charge in [0.2, 0.25) is 5.83 Å². The average molecular weight is 222 g/mol. The summed E-state index contributed by atoms with van der Waals surface area (Å²) in [6.45, 7) is 1.43. The third-order valence-electron chi connectivity index (χ3n) is 1.01. The van der Waals surface area contributed by atoms with Crippen molar-refractivity contribution in [3.05, 3.63) is 11.0 Å². The van der Waals surface area contributed by atoms with E-state index in [1.165, 1.54) is 6.92 Å². The number of hydrogen-bond acceptors (Lipinski definition) is 2. The summed E-state index contributed by atoms with van der Waals surface area (Å²) >= 11 is -0.192. The topological polar surface area (TPSA) is 20.2 Å². The van der Waals surface area contributed by atoms with Crippen LogP contribution in [0.2, 0.25) is 0 Å². The Labute approximate surface area is 75.6 Å². The van der Waals surface area contributed by atoms with E-state index in [1.54, 1.807) is 0 Å². The first-order valence-corrected chi connectivity index (χ1v) is 4.14. The summed E-state index contributed by atoms with van der Waals surface area (Å²) in [7, 11) is 0. The van der Waals surface area contributed by atoms with Crippen LogP contribution in [0.4, 0.5) is 22.0 Å². The van der Waals surface area contributed by atoms with E-state index in [1.807, 2.05) is 0 Å². The van der Waals surface area contributed by atoms with Gasteiger partial charge in [0.25, 0.3) is 0 Å². The fourth-order valence-electron chi connectivity index (χ4n) is 0.366. The summed E-state index contributed by atoms with van der Waals surface area (Å²) in [6.07, 6.45) is -5.30. The second-order valence-corrected chi connectivity index (χ2v) is 3.20. The van der Waals surface area contributed by atoms with E-state index in [-0.39, 0.29) is 18.2 Å². The van der Waals surface area contributed by atoms with Crippen molar-refractivity contribution in [2.45, 2.75) is 25.0 Å². The van der Waals surface area contributed by atoms with Gasteiger partial charge in [-0.2, -0.15) is 22.0 Å². The highest BCUT2D eigenvalue weighted by atomic mass is 32.2. The van der Waals surface area contributed by atoms with Crippen LogP contribution < -0.4 is 0 Å². The Balaban J connectivity index is 4.45. The van der Waals surface area contributed by atoms with Crippen LogP contribution in [0.25, 0.3) is 0 Å². The normalized spacial score (nSPS) is 16.8. The molecule has 0 bridgehead atoms. The van der Waals surface area contributed by atoms with Gasteiger partial charge >= 0.3 is 6.18 Å². The molecule has 1 unspecified atom stereocenters. The summed E-state index contributed by atoms with van der Waals surface area (Å²) in [5, 5.41) is 6.66. The number of thioether (sulfide) groups is 1. The molecule has 1 nitrogen and oxygen atoms in total. The lowest BCUT2D eigenvalue weighted by atomic mass is 10.5. The molecular weight excluding hydrogens is 215 g/mol. The Morgan fingerprint density at radius 1 is 1.38 bits per heavy atom. The lowest BCUT2D eigenvalue weighted by Gasteiger charge is -2.07. The molecule has 78 valence electrons. The standard InChI is InChI=1S/C6H7F5OS/c1-2-3(12)13-5(8)4(7)6(9,10)11/h3,12H,2H2,1H3. The molecule has 0 rings (SSSR count). The van der Waals surface area contributed by atoms with E-state index in [0.717, 1.165) is 0 Å². The van der Waals surface area contributed by atoms with Crippen LogP contribution in [0.3, 0.4) is 0 Å². The molecule has 0 heterocycles. The number of aliphatic hydroxyl groups is 1. The zero-order valence-corrected chi connectivity index (χ0v) is 7.35. The van der Waals surface area contributed by atoms with E-state index < -0.39 is 22.6 Å². The molecule has 0 fully saturated rings. The highest BCUT2D eigenvalue weighted by Crippen LogP contribution is 2.36. The Hall–Kier alpha value is -0.300. The average Bonchev–Trinajstić information content (AvgIpc) is 2.01. The minimum Gasteiger partial charge on any atom is -0.382 e. The number of alkyl halides is 3. The molecule has 0 amide bonds. The number of allylic oxidation sites excluding steroid dienone is 1. The molecule has 0 saturated heterocycles. The molecule has 0 radical (unpaired) electrons. The van der Waals surface area contributed by atoms with Gasteiger partial charge in [-0.05, 0) is 6.42 Å². The number of halogens is 5. The fourth-order valence-corrected chi connectivity index (χ4v) is 0.991. The van der Waals surface area contributed by atoms with Gasteiger partial charge in [-0.1, -0.05) is 18.7 Å². The van der Waals surface area contributed by atoms with Gasteiger partial charge in [-0.25, -0.2) is 0 Å². The largest absolute Gasteiger partial charge is 0.446 e. The summed E-state index contributed by atoms with van der Waals surface area (Å²) in [5.74, 6) is -2.80. The first kappa shape index (κ1) is 12.7. The molecule has 0 spiro atoms. The molecule has 1 N–H and O–H groups in total. The van der Waals surface area contributed by atoms with Gasteiger partial charge < -0.3 is 5.11 Å². The minimum atomic E-state index is -5.33. The molecule has 0 aliphatic rings. The molecule has 13 heavy (non-hydrogen) atoms. The van der Waals surface area contributed by atoms with Gasteiger partial charge in [-0.15, -0.1) is 0 Å². The first-order chi connectivity index (χ1) is 5.79. The highest BCUT2D eigenvalue weighted by Gasteiger charge is 2.38. The van der Waals surface area contributed by atoms with Crippen LogP contribution in [0.15, 0.2) is 11.0 Å². The summed E-state index contributed by atoms with van der Waals surface area (Å²) in [4.78, 5) is 0. The van der Waals surface area contributed by atoms with Gasteiger partial charge in [0, 0.05) is 0 Å². The van der Waals surface area contributed by atoms with E-state index in [0.29, 0.717) is 0 Å². The number of aliphatic hydroxyl groups excluding tert-OH is 1. The quantitative estimate of drug-likeness (QED) is 0.584. The Morgan fingerprint density at radius 2 is 1.85 bits per heavy atom. The summed E-state index contributed by atoms with van der Waals surface area (Å²) < 4.78 is 58.8. The van der Waals surface area contributed by atoms with Crippen molar-refractivity contribution in [2.24, 2.45) is 0 Å². The zero-order chi connectivity index (χ0) is 10.6. The molecule has 7 heteroatoms. The predicted molar refractivity (Wildman–Crippen MR) is 39.2 cm³/mol. The van der Waals surface area contributed by atoms with Crippen molar-refractivity contribution < 1.29 is 27.1 Å². The van der Waals surface area contributed by atoms with E-state index >= 15 is 0 Å². The summed E-state index contributed by atoms with van der Waals surface area (Å²) in [5.41, 5.74) is -1.37. The maximum atomic E-state index is 12.3. The van der Waals surface area contributed by atoms with Crippen LogP contribution in [0.1, 0.15) is 13.3 Å². The highest BCUT2D eigenvalue weighted by molar-refractivity contribution is 8.03. The zero-order valence-electron chi connectivity index (χ0n) is 6.53. The van der Waals surface area contributed by atoms with Crippen LogP contribution >= 0.6 is 11.8 Å². The van der Waals surface area contributed by atoms with Gasteiger partial charge in [0.15, 0.2) is 5.16 Å². The lowest BCUT2D eigenvalue weighted by molar-refractivity contribution is -0.110. The molecule has 0 aromatic rings. The van der Waals surface area contributed by atoms with Gasteiger partial charge in [0.1, 0.15) is 5.44 Å².